The quantitative estimate of drug-likeness (QED) is 0.132. The summed E-state index contributed by atoms with van der Waals surface area (Å²) in [7, 11) is 0. The van der Waals surface area contributed by atoms with Crippen LogP contribution in [0, 0.1) is 5.92 Å². The van der Waals surface area contributed by atoms with Crippen LogP contribution in [0.1, 0.15) is 12.0 Å². The van der Waals surface area contributed by atoms with Gasteiger partial charge in [-0.15, -0.1) is 0 Å². The van der Waals surface area contributed by atoms with Gasteiger partial charge in [-0.25, -0.2) is 0 Å². The molecule has 1 aromatic rings. The minimum Gasteiger partial charge on any atom is -0.396 e. The maximum absolute atomic E-state index is 11.0. The van der Waals surface area contributed by atoms with Crippen LogP contribution >= 0.6 is 0 Å². The van der Waals surface area contributed by atoms with Crippen LogP contribution in [0.25, 0.3) is 0 Å². The lowest BCUT2D eigenvalue weighted by Crippen LogP contribution is -2.63. The Balaban J connectivity index is 1.49. The van der Waals surface area contributed by atoms with E-state index in [1.807, 2.05) is 6.07 Å². The molecule has 39 heavy (non-hydrogen) atoms. The van der Waals surface area contributed by atoms with Gasteiger partial charge in [-0.05, 0) is 12.0 Å². The second-order valence-electron chi connectivity index (χ2n) is 10.3. The summed E-state index contributed by atoms with van der Waals surface area (Å²) in [5.41, 5.74) is -1.17. The highest BCUT2D eigenvalue weighted by Crippen LogP contribution is 2.33. The molecule has 3 aliphatic rings. The van der Waals surface area contributed by atoms with E-state index in [1.165, 1.54) is 0 Å². The van der Waals surface area contributed by atoms with Gasteiger partial charge in [0, 0.05) is 12.5 Å². The lowest BCUT2D eigenvalue weighted by molar-refractivity contribution is -0.329. The highest BCUT2D eigenvalue weighted by Gasteiger charge is 2.52. The molecule has 13 unspecified atom stereocenters. The van der Waals surface area contributed by atoms with Gasteiger partial charge in [0.2, 0.25) is 0 Å². The molecule has 14 heteroatoms. The van der Waals surface area contributed by atoms with Crippen molar-refractivity contribution >= 4 is 0 Å². The first-order chi connectivity index (χ1) is 18.6. The van der Waals surface area contributed by atoms with Gasteiger partial charge in [0.1, 0.15) is 48.3 Å². The van der Waals surface area contributed by atoms with Crippen LogP contribution in [-0.2, 0) is 30.3 Å². The van der Waals surface area contributed by atoms with Crippen molar-refractivity contribution in [1.29, 1.82) is 0 Å². The summed E-state index contributed by atoms with van der Waals surface area (Å²) in [4.78, 5) is 0. The number of ether oxygens (including phenoxy) is 5. The molecule has 1 saturated carbocycles. The molecule has 14 nitrogen and oxygen atoms in total. The molecule has 3 fully saturated rings. The molecule has 2 heterocycles. The number of hydrogen-bond donors (Lipinski definition) is 9. The lowest BCUT2D eigenvalue weighted by atomic mass is 9.81. The summed E-state index contributed by atoms with van der Waals surface area (Å²) in [6.07, 6.45) is -16.0. The van der Waals surface area contributed by atoms with Crippen LogP contribution < -0.4 is 0 Å². The topological polar surface area (TPSA) is 228 Å². The average molecular weight is 563 g/mol. The first-order valence-corrected chi connectivity index (χ1v) is 12.8. The van der Waals surface area contributed by atoms with Gasteiger partial charge in [-0.2, -0.15) is 0 Å². The summed E-state index contributed by atoms with van der Waals surface area (Å²) >= 11 is 0. The number of benzene rings is 1. The molecule has 222 valence electrons. The zero-order valence-corrected chi connectivity index (χ0v) is 21.1. The van der Waals surface area contributed by atoms with Gasteiger partial charge < -0.3 is 69.6 Å². The van der Waals surface area contributed by atoms with E-state index in [4.69, 9.17) is 23.7 Å². The molecule has 1 aliphatic carbocycles. The Morgan fingerprint density at radius 3 is 2.21 bits per heavy atom. The van der Waals surface area contributed by atoms with E-state index in [0.717, 1.165) is 5.56 Å². The second kappa shape index (κ2) is 13.1. The van der Waals surface area contributed by atoms with E-state index in [0.29, 0.717) is 0 Å². The zero-order valence-electron chi connectivity index (χ0n) is 21.1. The Bertz CT molecular complexity index is 891. The molecule has 0 bridgehead atoms. The first-order valence-electron chi connectivity index (χ1n) is 12.8. The molecule has 13 atom stereocenters. The molecular weight excluding hydrogens is 524 g/mol. The average Bonchev–Trinajstić information content (AvgIpc) is 3.24. The standard InChI is InChI=1S/C25H38O14/c26-7-13-6-14(17(29)18(30)16(13)28)38-21-15(9-36-24-22(33)25(34,10-27)11-37-24)39-23(20(32)19(21)31)35-8-12-4-2-1-3-5-12/h1-5,13-24,26-34H,6-11H2. The van der Waals surface area contributed by atoms with Gasteiger partial charge in [0.05, 0.1) is 38.6 Å². The third-order valence-electron chi connectivity index (χ3n) is 7.57. The number of rotatable bonds is 10. The molecular formula is C25H38O14. The largest absolute Gasteiger partial charge is 0.396 e. The summed E-state index contributed by atoms with van der Waals surface area (Å²) in [5, 5.41) is 92.1. The van der Waals surface area contributed by atoms with E-state index in [9.17, 15) is 46.0 Å². The molecule has 9 N–H and O–H groups in total. The van der Waals surface area contributed by atoms with E-state index >= 15 is 0 Å². The minimum atomic E-state index is -1.94. The summed E-state index contributed by atoms with van der Waals surface area (Å²) in [6.45, 7) is -2.06. The summed E-state index contributed by atoms with van der Waals surface area (Å²) in [5.74, 6) is -0.824. The predicted molar refractivity (Wildman–Crippen MR) is 128 cm³/mol. The Labute approximate surface area is 224 Å². The van der Waals surface area contributed by atoms with Crippen LogP contribution in [0.15, 0.2) is 30.3 Å². The van der Waals surface area contributed by atoms with Crippen LogP contribution in [0.4, 0.5) is 0 Å². The Morgan fingerprint density at radius 2 is 1.56 bits per heavy atom. The molecule has 0 spiro atoms. The van der Waals surface area contributed by atoms with Crippen molar-refractivity contribution < 1.29 is 69.6 Å². The smallest absolute Gasteiger partial charge is 0.187 e. The van der Waals surface area contributed by atoms with Crippen LogP contribution in [0.3, 0.4) is 0 Å². The normalized spacial score (nSPS) is 44.9. The maximum atomic E-state index is 11.0. The van der Waals surface area contributed by atoms with Crippen LogP contribution in [0.2, 0.25) is 0 Å². The minimum absolute atomic E-state index is 0.0337. The zero-order chi connectivity index (χ0) is 28.3. The molecule has 0 radical (unpaired) electrons. The third-order valence-corrected chi connectivity index (χ3v) is 7.57. The van der Waals surface area contributed by atoms with Crippen molar-refractivity contribution in [2.45, 2.75) is 86.1 Å². The molecule has 0 aromatic heterocycles. The molecule has 2 saturated heterocycles. The maximum Gasteiger partial charge on any atom is 0.187 e. The fraction of sp³-hybridized carbons (Fsp3) is 0.760. The van der Waals surface area contributed by atoms with Crippen molar-refractivity contribution in [2.24, 2.45) is 5.92 Å². The van der Waals surface area contributed by atoms with Crippen molar-refractivity contribution in [3.05, 3.63) is 35.9 Å². The van der Waals surface area contributed by atoms with E-state index in [1.54, 1.807) is 24.3 Å². The number of aliphatic hydroxyl groups is 9. The molecule has 1 aromatic carbocycles. The number of hydrogen-bond acceptors (Lipinski definition) is 14. The lowest BCUT2D eigenvalue weighted by Gasteiger charge is -2.46. The van der Waals surface area contributed by atoms with Crippen molar-refractivity contribution in [1.82, 2.24) is 0 Å². The van der Waals surface area contributed by atoms with Gasteiger partial charge in [0.15, 0.2) is 12.6 Å². The van der Waals surface area contributed by atoms with Crippen molar-refractivity contribution in [2.75, 3.05) is 26.4 Å². The van der Waals surface area contributed by atoms with Gasteiger partial charge in [-0.3, -0.25) is 0 Å². The summed E-state index contributed by atoms with van der Waals surface area (Å²) < 4.78 is 28.3. The fourth-order valence-corrected chi connectivity index (χ4v) is 5.02. The summed E-state index contributed by atoms with van der Waals surface area (Å²) in [6, 6.07) is 9.01. The molecule has 4 rings (SSSR count). The predicted octanol–water partition coefficient (Wildman–Crippen LogP) is -4.04. The molecule has 2 aliphatic heterocycles. The third kappa shape index (κ3) is 6.60. The van der Waals surface area contributed by atoms with Gasteiger partial charge >= 0.3 is 0 Å². The SMILES string of the molecule is OCC1CC(OC2C(COC3OCC(O)(CO)C3O)OC(OCc3ccccc3)C(O)C2O)C(O)C(O)C1O. The Morgan fingerprint density at radius 1 is 0.846 bits per heavy atom. The van der Waals surface area contributed by atoms with E-state index in [2.05, 4.69) is 0 Å². The highest BCUT2D eigenvalue weighted by molar-refractivity contribution is 5.13. The van der Waals surface area contributed by atoms with Gasteiger partial charge in [-0.1, -0.05) is 30.3 Å². The second-order valence-corrected chi connectivity index (χ2v) is 10.3. The van der Waals surface area contributed by atoms with Crippen molar-refractivity contribution in [3.63, 3.8) is 0 Å². The number of aliphatic hydroxyl groups excluding tert-OH is 8. The fourth-order valence-electron chi connectivity index (χ4n) is 5.02. The first kappa shape index (κ1) is 30.6. The molecule has 0 amide bonds. The monoisotopic (exact) mass is 562 g/mol. The van der Waals surface area contributed by atoms with Crippen LogP contribution in [-0.4, -0.2) is 146 Å². The van der Waals surface area contributed by atoms with Crippen LogP contribution in [0.5, 0.6) is 0 Å². The Hall–Kier alpha value is -1.34. The van der Waals surface area contributed by atoms with Crippen molar-refractivity contribution in [3.8, 4) is 0 Å². The van der Waals surface area contributed by atoms with Gasteiger partial charge in [0.25, 0.3) is 0 Å². The van der Waals surface area contributed by atoms with E-state index < -0.39 is 105 Å². The highest BCUT2D eigenvalue weighted by atomic mass is 16.7. The Kier molecular flexibility index (Phi) is 10.3. The van der Waals surface area contributed by atoms with E-state index in [-0.39, 0.29) is 13.0 Å².